The zero-order valence-corrected chi connectivity index (χ0v) is 12.0. The first-order valence-corrected chi connectivity index (χ1v) is 7.53. The molecule has 3 saturated heterocycles. The molecule has 108 valence electrons. The minimum atomic E-state index is -0.211. The van der Waals surface area contributed by atoms with E-state index in [2.05, 4.69) is 4.90 Å². The second-order valence-corrected chi connectivity index (χ2v) is 5.64. The van der Waals surface area contributed by atoms with Crippen LogP contribution in [0.3, 0.4) is 0 Å². The maximum absolute atomic E-state index is 12.4. The summed E-state index contributed by atoms with van der Waals surface area (Å²) in [6.45, 7) is 5.83. The molecule has 3 aliphatic rings. The zero-order chi connectivity index (χ0) is 13.9. The molecule has 20 heavy (non-hydrogen) atoms. The van der Waals surface area contributed by atoms with Crippen molar-refractivity contribution in [1.82, 2.24) is 4.90 Å². The molecule has 0 saturated carbocycles. The molecule has 0 spiro atoms. The highest BCUT2D eigenvalue weighted by Gasteiger charge is 2.37. The van der Waals surface area contributed by atoms with Gasteiger partial charge in [0, 0.05) is 18.8 Å². The summed E-state index contributed by atoms with van der Waals surface area (Å²) in [7, 11) is 0. The monoisotopic (exact) mass is 274 g/mol. The number of benzene rings is 1. The van der Waals surface area contributed by atoms with Gasteiger partial charge >= 0.3 is 6.09 Å². The SMILES string of the molecule is CCN(C(=O)OC1CN2CCC1CC2)c1ccccc1. The number of nitrogens with zero attached hydrogens (tertiary/aromatic N) is 2. The van der Waals surface area contributed by atoms with Crippen LogP contribution >= 0.6 is 0 Å². The number of hydrogen-bond donors (Lipinski definition) is 0. The predicted molar refractivity (Wildman–Crippen MR) is 78.9 cm³/mol. The average molecular weight is 274 g/mol. The maximum Gasteiger partial charge on any atom is 0.414 e. The Morgan fingerprint density at radius 2 is 2.00 bits per heavy atom. The van der Waals surface area contributed by atoms with Gasteiger partial charge in [0.15, 0.2) is 0 Å². The van der Waals surface area contributed by atoms with E-state index in [4.69, 9.17) is 4.74 Å². The van der Waals surface area contributed by atoms with E-state index < -0.39 is 0 Å². The summed E-state index contributed by atoms with van der Waals surface area (Å²) in [4.78, 5) is 16.5. The Morgan fingerprint density at radius 1 is 1.30 bits per heavy atom. The third kappa shape index (κ3) is 2.66. The predicted octanol–water partition coefficient (Wildman–Crippen LogP) is 2.74. The largest absolute Gasteiger partial charge is 0.444 e. The molecule has 3 fully saturated rings. The maximum atomic E-state index is 12.4. The lowest BCUT2D eigenvalue weighted by molar-refractivity contribution is -0.0309. The quantitative estimate of drug-likeness (QED) is 0.849. The number of rotatable bonds is 3. The fourth-order valence-electron chi connectivity index (χ4n) is 3.26. The molecule has 4 nitrogen and oxygen atoms in total. The van der Waals surface area contributed by atoms with Crippen LogP contribution in [-0.2, 0) is 4.74 Å². The van der Waals surface area contributed by atoms with E-state index in [0.29, 0.717) is 12.5 Å². The Balaban J connectivity index is 1.66. The molecule has 0 radical (unpaired) electrons. The molecule has 1 aromatic rings. The van der Waals surface area contributed by atoms with Gasteiger partial charge in [0.1, 0.15) is 6.10 Å². The first-order chi connectivity index (χ1) is 9.78. The average Bonchev–Trinajstić information content (AvgIpc) is 2.50. The summed E-state index contributed by atoms with van der Waals surface area (Å²) in [6, 6.07) is 9.73. The minimum absolute atomic E-state index is 0.0720. The van der Waals surface area contributed by atoms with Gasteiger partial charge in [0.25, 0.3) is 0 Å². The van der Waals surface area contributed by atoms with Gasteiger partial charge in [-0.05, 0) is 50.9 Å². The molecule has 1 unspecified atom stereocenters. The van der Waals surface area contributed by atoms with Crippen LogP contribution in [0.4, 0.5) is 10.5 Å². The van der Waals surface area contributed by atoms with E-state index >= 15 is 0 Å². The lowest BCUT2D eigenvalue weighted by Gasteiger charge is -2.44. The van der Waals surface area contributed by atoms with Crippen molar-refractivity contribution in [3.8, 4) is 0 Å². The smallest absolute Gasteiger partial charge is 0.414 e. The van der Waals surface area contributed by atoms with Crippen LogP contribution in [0.15, 0.2) is 30.3 Å². The van der Waals surface area contributed by atoms with E-state index in [1.165, 1.54) is 0 Å². The highest BCUT2D eigenvalue weighted by atomic mass is 16.6. The van der Waals surface area contributed by atoms with Crippen LogP contribution in [-0.4, -0.2) is 43.3 Å². The third-order valence-corrected chi connectivity index (χ3v) is 4.45. The van der Waals surface area contributed by atoms with Crippen molar-refractivity contribution in [3.05, 3.63) is 30.3 Å². The normalized spacial score (nSPS) is 28.1. The van der Waals surface area contributed by atoms with Gasteiger partial charge in [-0.1, -0.05) is 18.2 Å². The first-order valence-electron chi connectivity index (χ1n) is 7.53. The highest BCUT2D eigenvalue weighted by Crippen LogP contribution is 2.30. The second kappa shape index (κ2) is 5.83. The Labute approximate surface area is 120 Å². The van der Waals surface area contributed by atoms with Gasteiger partial charge in [-0.2, -0.15) is 0 Å². The van der Waals surface area contributed by atoms with E-state index in [-0.39, 0.29) is 12.2 Å². The minimum Gasteiger partial charge on any atom is -0.444 e. The number of carbonyl (C=O) groups excluding carboxylic acids is 1. The highest BCUT2D eigenvalue weighted by molar-refractivity contribution is 5.87. The molecule has 1 aromatic carbocycles. The summed E-state index contributed by atoms with van der Waals surface area (Å²) >= 11 is 0. The van der Waals surface area contributed by atoms with Gasteiger partial charge < -0.3 is 4.74 Å². The molecule has 1 amide bonds. The number of anilines is 1. The second-order valence-electron chi connectivity index (χ2n) is 5.64. The van der Waals surface area contributed by atoms with Gasteiger partial charge in [0.2, 0.25) is 0 Å². The first kappa shape index (κ1) is 13.4. The Hall–Kier alpha value is -1.55. The summed E-state index contributed by atoms with van der Waals surface area (Å²) in [5.41, 5.74) is 0.904. The molecule has 0 aromatic heterocycles. The van der Waals surface area contributed by atoms with Crippen molar-refractivity contribution in [3.63, 3.8) is 0 Å². The van der Waals surface area contributed by atoms with Crippen molar-refractivity contribution in [2.24, 2.45) is 5.92 Å². The molecule has 4 rings (SSSR count). The van der Waals surface area contributed by atoms with Crippen molar-refractivity contribution >= 4 is 11.8 Å². The number of hydrogen-bond acceptors (Lipinski definition) is 3. The third-order valence-electron chi connectivity index (χ3n) is 4.45. The topological polar surface area (TPSA) is 32.8 Å². The van der Waals surface area contributed by atoms with Gasteiger partial charge in [-0.3, -0.25) is 9.80 Å². The van der Waals surface area contributed by atoms with E-state index in [0.717, 1.165) is 38.2 Å². The number of para-hydroxylation sites is 1. The summed E-state index contributed by atoms with van der Waals surface area (Å²) in [6.07, 6.45) is 2.19. The fourth-order valence-corrected chi connectivity index (χ4v) is 3.26. The van der Waals surface area contributed by atoms with Gasteiger partial charge in [0.05, 0.1) is 0 Å². The number of ether oxygens (including phenoxy) is 1. The van der Waals surface area contributed by atoms with Crippen LogP contribution in [0.1, 0.15) is 19.8 Å². The Bertz CT molecular complexity index is 455. The molecule has 3 aliphatic heterocycles. The number of fused-ring (bicyclic) bond motifs is 3. The lowest BCUT2D eigenvalue weighted by Crippen LogP contribution is -2.53. The number of carbonyl (C=O) groups is 1. The summed E-state index contributed by atoms with van der Waals surface area (Å²) in [5.74, 6) is 0.554. The van der Waals surface area contributed by atoms with E-state index in [1.807, 2.05) is 37.3 Å². The number of amides is 1. The zero-order valence-electron chi connectivity index (χ0n) is 12.0. The molecule has 1 atom stereocenters. The molecule has 4 heteroatoms. The lowest BCUT2D eigenvalue weighted by atomic mass is 9.86. The van der Waals surface area contributed by atoms with Gasteiger partial charge in [-0.25, -0.2) is 4.79 Å². The Morgan fingerprint density at radius 3 is 2.55 bits per heavy atom. The molecule has 0 N–H and O–H groups in total. The molecule has 2 bridgehead atoms. The van der Waals surface area contributed by atoms with E-state index in [1.54, 1.807) is 4.90 Å². The van der Waals surface area contributed by atoms with Crippen molar-refractivity contribution in [2.45, 2.75) is 25.9 Å². The Kier molecular flexibility index (Phi) is 3.92. The van der Waals surface area contributed by atoms with E-state index in [9.17, 15) is 4.79 Å². The van der Waals surface area contributed by atoms with Crippen molar-refractivity contribution in [1.29, 1.82) is 0 Å². The summed E-state index contributed by atoms with van der Waals surface area (Å²) in [5, 5.41) is 0. The van der Waals surface area contributed by atoms with Crippen LogP contribution in [0.5, 0.6) is 0 Å². The molecular formula is C16H22N2O2. The fraction of sp³-hybridized carbons (Fsp3) is 0.562. The molecule has 3 heterocycles. The van der Waals surface area contributed by atoms with Crippen molar-refractivity contribution in [2.75, 3.05) is 31.1 Å². The van der Waals surface area contributed by atoms with Crippen LogP contribution in [0, 0.1) is 5.92 Å². The summed E-state index contributed by atoms with van der Waals surface area (Å²) < 4.78 is 5.78. The van der Waals surface area contributed by atoms with Crippen molar-refractivity contribution < 1.29 is 9.53 Å². The number of piperidine rings is 3. The molecular weight excluding hydrogens is 252 g/mol. The van der Waals surface area contributed by atoms with Crippen LogP contribution in [0.2, 0.25) is 0 Å². The van der Waals surface area contributed by atoms with Crippen LogP contribution < -0.4 is 4.90 Å². The van der Waals surface area contributed by atoms with Gasteiger partial charge in [-0.15, -0.1) is 0 Å². The standard InChI is InChI=1S/C16H22N2O2/c1-2-18(14-6-4-3-5-7-14)16(19)20-15-12-17-10-8-13(15)9-11-17/h3-7,13,15H,2,8-12H2,1H3. The van der Waals surface area contributed by atoms with Crippen LogP contribution in [0.25, 0.3) is 0 Å². The molecule has 0 aliphatic carbocycles.